The van der Waals surface area contributed by atoms with Gasteiger partial charge in [0, 0.05) is 83.1 Å². The highest BCUT2D eigenvalue weighted by molar-refractivity contribution is 5.91. The van der Waals surface area contributed by atoms with Crippen LogP contribution >= 0.6 is 0 Å². The average molecular weight is 657 g/mol. The van der Waals surface area contributed by atoms with Crippen LogP contribution in [0.1, 0.15) is 42.4 Å². The molecule has 3 fully saturated rings. The van der Waals surface area contributed by atoms with Gasteiger partial charge in [-0.3, -0.25) is 14.8 Å². The zero-order valence-corrected chi connectivity index (χ0v) is 28.2. The molecule has 0 bridgehead atoms. The number of urea groups is 2. The molecule has 48 heavy (non-hydrogen) atoms. The van der Waals surface area contributed by atoms with Gasteiger partial charge in [-0.15, -0.1) is 5.10 Å². The number of hydrogen-bond acceptors (Lipinski definition) is 7. The normalized spacial score (nSPS) is 21.1. The lowest BCUT2D eigenvalue weighted by atomic mass is 9.98. The van der Waals surface area contributed by atoms with E-state index in [1.807, 2.05) is 47.1 Å². The Morgan fingerprint density at radius 1 is 0.917 bits per heavy atom. The molecule has 4 aliphatic heterocycles. The molecule has 4 aliphatic rings. The maximum Gasteiger partial charge on any atom is 0.322 e. The first-order valence-corrected chi connectivity index (χ1v) is 17.5. The quantitative estimate of drug-likeness (QED) is 0.372. The number of piperidine rings is 2. The average Bonchev–Trinajstić information content (AvgIpc) is 3.52. The lowest BCUT2D eigenvalue weighted by Gasteiger charge is -2.42. The molecular weight excluding hydrogens is 608 g/mol. The maximum atomic E-state index is 14.2. The number of rotatable bonds is 6. The molecule has 13 nitrogen and oxygen atoms in total. The van der Waals surface area contributed by atoms with Gasteiger partial charge in [0.05, 0.1) is 5.52 Å². The van der Waals surface area contributed by atoms with Crippen molar-refractivity contribution in [1.82, 2.24) is 45.2 Å². The van der Waals surface area contributed by atoms with Crippen molar-refractivity contribution in [2.75, 3.05) is 71.3 Å². The molecule has 1 unspecified atom stereocenters. The van der Waals surface area contributed by atoms with Crippen LogP contribution in [-0.2, 0) is 17.6 Å². The summed E-state index contributed by atoms with van der Waals surface area (Å²) < 4.78 is 0. The van der Waals surface area contributed by atoms with Crippen molar-refractivity contribution in [2.45, 2.75) is 63.6 Å². The van der Waals surface area contributed by atoms with Crippen LogP contribution in [0.3, 0.4) is 0 Å². The van der Waals surface area contributed by atoms with E-state index in [0.717, 1.165) is 78.9 Å². The highest BCUT2D eigenvalue weighted by Crippen LogP contribution is 2.25. The van der Waals surface area contributed by atoms with Crippen LogP contribution in [0.5, 0.6) is 0 Å². The number of para-hydroxylation sites is 1. The van der Waals surface area contributed by atoms with Gasteiger partial charge in [-0.2, -0.15) is 0 Å². The van der Waals surface area contributed by atoms with Gasteiger partial charge < -0.3 is 30.2 Å². The molecule has 13 heteroatoms. The second kappa shape index (κ2) is 14.1. The third-order valence-corrected chi connectivity index (χ3v) is 10.9. The van der Waals surface area contributed by atoms with E-state index in [9.17, 15) is 14.4 Å². The number of carbonyl (C=O) groups is 3. The fourth-order valence-electron chi connectivity index (χ4n) is 7.97. The number of carbonyl (C=O) groups excluding carboxylic acids is 3. The highest BCUT2D eigenvalue weighted by atomic mass is 16.2. The number of aromatic amines is 1. The predicted molar refractivity (Wildman–Crippen MR) is 184 cm³/mol. The van der Waals surface area contributed by atoms with E-state index < -0.39 is 6.04 Å². The van der Waals surface area contributed by atoms with E-state index in [4.69, 9.17) is 0 Å². The summed E-state index contributed by atoms with van der Waals surface area (Å²) >= 11 is 0. The Morgan fingerprint density at radius 3 is 2.40 bits per heavy atom. The van der Waals surface area contributed by atoms with Crippen molar-refractivity contribution in [2.24, 2.45) is 0 Å². The zero-order chi connectivity index (χ0) is 33.2. The van der Waals surface area contributed by atoms with E-state index in [1.54, 1.807) is 4.90 Å². The van der Waals surface area contributed by atoms with E-state index in [2.05, 4.69) is 49.0 Å². The van der Waals surface area contributed by atoms with Crippen LogP contribution in [0.25, 0.3) is 11.0 Å². The predicted octanol–water partition coefficient (Wildman–Crippen LogP) is 2.68. The number of likely N-dealkylation sites (N-methyl/N-ethyl adjacent to an activating group) is 1. The number of H-pyrrole nitrogens is 1. The largest absolute Gasteiger partial charge is 0.341 e. The van der Waals surface area contributed by atoms with Crippen LogP contribution in [-0.4, -0.2) is 142 Å². The van der Waals surface area contributed by atoms with Gasteiger partial charge in [0.1, 0.15) is 11.6 Å². The third-order valence-electron chi connectivity index (χ3n) is 10.9. The Kier molecular flexibility index (Phi) is 9.49. The minimum Gasteiger partial charge on any atom is -0.341 e. The summed E-state index contributed by atoms with van der Waals surface area (Å²) in [5, 5.41) is 17.3. The van der Waals surface area contributed by atoms with Crippen LogP contribution in [0.2, 0.25) is 0 Å². The highest BCUT2D eigenvalue weighted by Gasteiger charge is 2.35. The molecule has 256 valence electrons. The number of anilines is 1. The number of aromatic nitrogens is 3. The number of fused-ring (bicyclic) bond motifs is 2. The topological polar surface area (TPSA) is 133 Å². The molecule has 7 rings (SSSR count). The fraction of sp³-hybridized carbons (Fsp3) is 0.571. The molecule has 0 saturated carbocycles. The van der Waals surface area contributed by atoms with Gasteiger partial charge in [0.15, 0.2) is 0 Å². The SMILES string of the molecule is Cc1cc(CC(NC(=O)N2CCC(N3CCc4ccccc4NC3=O)CC2)C(=O)N2CCC(N3CCN(C)CC3)CC2)cc2nn[nH]c12. The van der Waals surface area contributed by atoms with E-state index >= 15 is 0 Å². The van der Waals surface area contributed by atoms with Gasteiger partial charge in [-0.05, 0) is 74.9 Å². The monoisotopic (exact) mass is 656 g/mol. The Morgan fingerprint density at radius 2 is 1.62 bits per heavy atom. The summed E-state index contributed by atoms with van der Waals surface area (Å²) in [5.74, 6) is -0.0335. The molecule has 3 aromatic rings. The van der Waals surface area contributed by atoms with Crippen molar-refractivity contribution in [3.8, 4) is 0 Å². The minimum absolute atomic E-state index is 0.0335. The first-order valence-electron chi connectivity index (χ1n) is 17.5. The molecule has 0 spiro atoms. The van der Waals surface area contributed by atoms with E-state index in [1.165, 1.54) is 0 Å². The molecule has 0 radical (unpaired) electrons. The number of piperazine rings is 1. The third kappa shape index (κ3) is 6.98. The number of amides is 5. The molecule has 0 aliphatic carbocycles. The van der Waals surface area contributed by atoms with Crippen molar-refractivity contribution >= 4 is 34.7 Å². The van der Waals surface area contributed by atoms with Gasteiger partial charge in [0.25, 0.3) is 0 Å². The minimum atomic E-state index is -0.700. The van der Waals surface area contributed by atoms with Gasteiger partial charge in [0.2, 0.25) is 5.91 Å². The Bertz CT molecular complexity index is 1620. The summed E-state index contributed by atoms with van der Waals surface area (Å²) in [7, 11) is 2.17. The van der Waals surface area contributed by atoms with Gasteiger partial charge in [-0.25, -0.2) is 9.59 Å². The molecule has 5 heterocycles. The molecule has 3 saturated heterocycles. The molecule has 2 aromatic carbocycles. The van der Waals surface area contributed by atoms with Gasteiger partial charge >= 0.3 is 12.1 Å². The Labute approximate surface area is 282 Å². The lowest BCUT2D eigenvalue weighted by molar-refractivity contribution is -0.135. The number of hydrogen-bond donors (Lipinski definition) is 3. The summed E-state index contributed by atoms with van der Waals surface area (Å²) in [6, 6.07) is 11.5. The van der Waals surface area contributed by atoms with E-state index in [0.29, 0.717) is 58.0 Å². The molecule has 5 amide bonds. The van der Waals surface area contributed by atoms with Crippen LogP contribution < -0.4 is 10.6 Å². The molecule has 1 aromatic heterocycles. The van der Waals surface area contributed by atoms with Crippen LogP contribution in [0.4, 0.5) is 15.3 Å². The molecule has 1 atom stereocenters. The van der Waals surface area contributed by atoms with Gasteiger partial charge in [-0.1, -0.05) is 29.5 Å². The second-order valence-corrected chi connectivity index (χ2v) is 14.0. The number of nitrogens with one attached hydrogen (secondary N) is 3. The van der Waals surface area contributed by atoms with Crippen molar-refractivity contribution in [3.05, 3.63) is 53.1 Å². The standard InChI is InChI=1S/C35H48N10O3/c1-24-21-25(22-30-32(24)39-40-38-30)23-31(33(46)43-12-8-27(9-13-43)42-19-17-41(2)18-20-42)37-34(47)44-14-10-28(11-15-44)45-16-7-26-5-3-4-6-29(26)36-35(45)48/h3-6,21-22,27-28,31H,7-20,23H2,1-2H3,(H,36,48)(H,37,47)(H,38,39,40). The summed E-state index contributed by atoms with van der Waals surface area (Å²) in [6.45, 7) is 9.39. The summed E-state index contributed by atoms with van der Waals surface area (Å²) in [5.41, 5.74) is 5.58. The second-order valence-electron chi connectivity index (χ2n) is 14.0. The zero-order valence-electron chi connectivity index (χ0n) is 28.2. The first kappa shape index (κ1) is 32.3. The summed E-state index contributed by atoms with van der Waals surface area (Å²) in [6.07, 6.45) is 4.45. The summed E-state index contributed by atoms with van der Waals surface area (Å²) in [4.78, 5) is 51.7. The fourth-order valence-corrected chi connectivity index (χ4v) is 7.97. The smallest absolute Gasteiger partial charge is 0.322 e. The van der Waals surface area contributed by atoms with Crippen molar-refractivity contribution in [3.63, 3.8) is 0 Å². The van der Waals surface area contributed by atoms with Crippen molar-refractivity contribution < 1.29 is 14.4 Å². The number of likely N-dealkylation sites (tertiary alicyclic amines) is 2. The van der Waals surface area contributed by atoms with Crippen LogP contribution in [0, 0.1) is 6.92 Å². The number of aryl methyl sites for hydroxylation is 1. The van der Waals surface area contributed by atoms with E-state index in [-0.39, 0.29) is 24.0 Å². The lowest BCUT2D eigenvalue weighted by Crippen LogP contribution is -2.58. The number of nitrogens with zero attached hydrogens (tertiary/aromatic N) is 7. The Balaban J connectivity index is 0.996. The first-order chi connectivity index (χ1) is 23.3. The number of benzene rings is 2. The van der Waals surface area contributed by atoms with Crippen molar-refractivity contribution in [1.29, 1.82) is 0 Å². The maximum absolute atomic E-state index is 14.2. The Hall–Kier alpha value is -4.23. The molecule has 3 N–H and O–H groups in total. The van der Waals surface area contributed by atoms with Crippen LogP contribution in [0.15, 0.2) is 36.4 Å². The molecular formula is C35H48N10O3.